The van der Waals surface area contributed by atoms with Gasteiger partial charge in [-0.25, -0.2) is 9.97 Å². The van der Waals surface area contributed by atoms with Crippen molar-refractivity contribution in [3.05, 3.63) is 58.2 Å². The van der Waals surface area contributed by atoms with Crippen LogP contribution >= 0.6 is 0 Å². The Balaban J connectivity index is 2.06. The molecule has 2 aromatic rings. The van der Waals surface area contributed by atoms with Crippen LogP contribution in [0, 0.1) is 10.1 Å². The molecule has 1 heterocycles. The van der Waals surface area contributed by atoms with Gasteiger partial charge in [-0.15, -0.1) is 0 Å². The number of nitrogens with zero attached hydrogens (tertiary/aromatic N) is 3. The first-order valence-electron chi connectivity index (χ1n) is 5.58. The quantitative estimate of drug-likeness (QED) is 0.634. The molecule has 102 valence electrons. The van der Waals surface area contributed by atoms with E-state index < -0.39 is 22.3 Å². The van der Waals surface area contributed by atoms with E-state index in [0.29, 0.717) is 5.69 Å². The molecule has 0 fully saturated rings. The number of phenols is 1. The van der Waals surface area contributed by atoms with E-state index in [1.807, 2.05) is 0 Å². The Morgan fingerprint density at radius 1 is 1.40 bits per heavy atom. The minimum atomic E-state index is -0.724. The maximum Gasteiger partial charge on any atom is 0.310 e. The number of hydrogen-bond acceptors (Lipinski definition) is 6. The van der Waals surface area contributed by atoms with E-state index in [0.717, 1.165) is 12.1 Å². The van der Waals surface area contributed by atoms with Gasteiger partial charge < -0.3 is 10.4 Å². The van der Waals surface area contributed by atoms with Gasteiger partial charge in [0.25, 0.3) is 5.91 Å². The molecule has 1 aromatic heterocycles. The first-order valence-corrected chi connectivity index (χ1v) is 5.58. The van der Waals surface area contributed by atoms with Crippen LogP contribution in [-0.2, 0) is 6.54 Å². The van der Waals surface area contributed by atoms with Crippen LogP contribution in [0.25, 0.3) is 0 Å². The molecular weight excluding hydrogens is 264 g/mol. The Kier molecular flexibility index (Phi) is 3.85. The fraction of sp³-hybridized carbons (Fsp3) is 0.0833. The molecule has 20 heavy (non-hydrogen) atoms. The van der Waals surface area contributed by atoms with Crippen molar-refractivity contribution in [2.24, 2.45) is 0 Å². The number of nitrogens with one attached hydrogen (secondary N) is 1. The maximum absolute atomic E-state index is 11.8. The second kappa shape index (κ2) is 5.74. The second-order valence-corrected chi connectivity index (χ2v) is 3.84. The molecule has 0 aliphatic carbocycles. The van der Waals surface area contributed by atoms with Gasteiger partial charge in [0.1, 0.15) is 6.33 Å². The summed E-state index contributed by atoms with van der Waals surface area (Å²) in [5, 5.41) is 22.6. The van der Waals surface area contributed by atoms with Gasteiger partial charge in [-0.2, -0.15) is 0 Å². The fourth-order valence-corrected chi connectivity index (χ4v) is 1.51. The maximum atomic E-state index is 11.8. The minimum absolute atomic E-state index is 0.127. The van der Waals surface area contributed by atoms with Crippen molar-refractivity contribution >= 4 is 11.6 Å². The van der Waals surface area contributed by atoms with Crippen molar-refractivity contribution in [3.8, 4) is 5.75 Å². The summed E-state index contributed by atoms with van der Waals surface area (Å²) in [6.07, 6.45) is 2.91. The molecule has 8 heteroatoms. The molecule has 0 radical (unpaired) electrons. The van der Waals surface area contributed by atoms with E-state index in [2.05, 4.69) is 15.3 Å². The average Bonchev–Trinajstić information content (AvgIpc) is 2.45. The zero-order valence-corrected chi connectivity index (χ0v) is 10.2. The lowest BCUT2D eigenvalue weighted by atomic mass is 10.1. The fourth-order valence-electron chi connectivity index (χ4n) is 1.51. The zero-order chi connectivity index (χ0) is 14.5. The van der Waals surface area contributed by atoms with Gasteiger partial charge in [-0.05, 0) is 18.2 Å². The normalized spacial score (nSPS) is 10.0. The van der Waals surface area contributed by atoms with E-state index in [9.17, 15) is 20.0 Å². The summed E-state index contributed by atoms with van der Waals surface area (Å²) in [7, 11) is 0. The van der Waals surface area contributed by atoms with Crippen LogP contribution < -0.4 is 5.32 Å². The summed E-state index contributed by atoms with van der Waals surface area (Å²) in [5.41, 5.74) is 0.305. The third kappa shape index (κ3) is 3.05. The summed E-state index contributed by atoms with van der Waals surface area (Å²) in [5.74, 6) is -1.02. The van der Waals surface area contributed by atoms with Crippen LogP contribution in [0.5, 0.6) is 5.75 Å². The van der Waals surface area contributed by atoms with Crippen LogP contribution in [0.2, 0.25) is 0 Å². The highest BCUT2D eigenvalue weighted by Crippen LogP contribution is 2.26. The smallest absolute Gasteiger partial charge is 0.310 e. The molecule has 8 nitrogen and oxygen atoms in total. The number of aromatic nitrogens is 2. The number of amides is 1. The topological polar surface area (TPSA) is 118 Å². The molecule has 0 bridgehead atoms. The summed E-state index contributed by atoms with van der Waals surface area (Å²) >= 11 is 0. The van der Waals surface area contributed by atoms with Gasteiger partial charge in [0.2, 0.25) is 0 Å². The monoisotopic (exact) mass is 274 g/mol. The average molecular weight is 274 g/mol. The Morgan fingerprint density at radius 2 is 2.20 bits per heavy atom. The summed E-state index contributed by atoms with van der Waals surface area (Å²) in [6, 6.07) is 5.04. The number of aromatic hydroxyl groups is 1. The van der Waals surface area contributed by atoms with Crippen LogP contribution in [0.3, 0.4) is 0 Å². The molecule has 0 unspecified atom stereocenters. The number of phenolic OH excluding ortho intramolecular Hbond substituents is 1. The van der Waals surface area contributed by atoms with Crippen LogP contribution in [0.4, 0.5) is 5.69 Å². The Labute approximate surface area is 113 Å². The summed E-state index contributed by atoms with van der Waals surface area (Å²) in [4.78, 5) is 29.3. The van der Waals surface area contributed by atoms with Crippen molar-refractivity contribution in [2.45, 2.75) is 6.54 Å². The predicted molar refractivity (Wildman–Crippen MR) is 68.0 cm³/mol. The van der Waals surface area contributed by atoms with E-state index >= 15 is 0 Å². The molecule has 0 aliphatic heterocycles. The van der Waals surface area contributed by atoms with Crippen molar-refractivity contribution in [3.63, 3.8) is 0 Å². The van der Waals surface area contributed by atoms with Crippen LogP contribution in [-0.4, -0.2) is 25.9 Å². The van der Waals surface area contributed by atoms with Crippen molar-refractivity contribution in [2.75, 3.05) is 0 Å². The second-order valence-electron chi connectivity index (χ2n) is 3.84. The van der Waals surface area contributed by atoms with E-state index in [1.54, 1.807) is 12.3 Å². The lowest BCUT2D eigenvalue weighted by Gasteiger charge is -2.05. The molecule has 0 atom stereocenters. The molecule has 0 spiro atoms. The summed E-state index contributed by atoms with van der Waals surface area (Å²) < 4.78 is 0. The third-order valence-electron chi connectivity index (χ3n) is 2.51. The standard InChI is InChI=1S/C12H10N4O4/c17-11-5-8(1-2-10(11)16(19)20)12(18)14-6-9-3-4-13-7-15-9/h1-5,7,17H,6H2,(H,14,18). The highest BCUT2D eigenvalue weighted by molar-refractivity contribution is 5.94. The zero-order valence-electron chi connectivity index (χ0n) is 10.2. The number of nitro groups is 1. The number of carbonyl (C=O) groups is 1. The minimum Gasteiger partial charge on any atom is -0.502 e. The first-order chi connectivity index (χ1) is 9.58. The highest BCUT2D eigenvalue weighted by Gasteiger charge is 2.15. The lowest BCUT2D eigenvalue weighted by Crippen LogP contribution is -2.23. The van der Waals surface area contributed by atoms with Crippen molar-refractivity contribution < 1.29 is 14.8 Å². The van der Waals surface area contributed by atoms with Gasteiger partial charge in [0.15, 0.2) is 5.75 Å². The largest absolute Gasteiger partial charge is 0.502 e. The number of rotatable bonds is 4. The lowest BCUT2D eigenvalue weighted by molar-refractivity contribution is -0.385. The molecule has 2 N–H and O–H groups in total. The highest BCUT2D eigenvalue weighted by atomic mass is 16.6. The first kappa shape index (κ1) is 13.4. The third-order valence-corrected chi connectivity index (χ3v) is 2.51. The van der Waals surface area contributed by atoms with Crippen molar-refractivity contribution in [1.82, 2.24) is 15.3 Å². The SMILES string of the molecule is O=C(NCc1ccncn1)c1ccc([N+](=O)[O-])c(O)c1. The molecule has 0 aliphatic rings. The van der Waals surface area contributed by atoms with Gasteiger partial charge in [-0.1, -0.05) is 0 Å². The molecule has 2 rings (SSSR count). The van der Waals surface area contributed by atoms with Crippen LogP contribution in [0.1, 0.15) is 16.1 Å². The number of nitro benzene ring substituents is 1. The van der Waals surface area contributed by atoms with E-state index in [4.69, 9.17) is 0 Å². The molecule has 1 amide bonds. The van der Waals surface area contributed by atoms with E-state index in [1.165, 1.54) is 12.4 Å². The predicted octanol–water partition coefficient (Wildman–Crippen LogP) is 1.02. The Hall–Kier alpha value is -3.03. The number of hydrogen-bond donors (Lipinski definition) is 2. The van der Waals surface area contributed by atoms with Crippen molar-refractivity contribution in [1.29, 1.82) is 0 Å². The van der Waals surface area contributed by atoms with Gasteiger partial charge >= 0.3 is 5.69 Å². The number of carbonyl (C=O) groups excluding carboxylic acids is 1. The molecule has 1 aromatic carbocycles. The Morgan fingerprint density at radius 3 is 2.80 bits per heavy atom. The van der Waals surface area contributed by atoms with Gasteiger partial charge in [0, 0.05) is 17.8 Å². The molecule has 0 saturated carbocycles. The molecule has 0 saturated heterocycles. The number of benzene rings is 1. The van der Waals surface area contributed by atoms with Gasteiger partial charge in [0.05, 0.1) is 17.2 Å². The van der Waals surface area contributed by atoms with Gasteiger partial charge in [-0.3, -0.25) is 14.9 Å². The van der Waals surface area contributed by atoms with Crippen LogP contribution in [0.15, 0.2) is 36.8 Å². The summed E-state index contributed by atoms with van der Waals surface area (Å²) in [6.45, 7) is 0.194. The molecular formula is C12H10N4O4. The Bertz CT molecular complexity index is 645. The van der Waals surface area contributed by atoms with E-state index in [-0.39, 0.29) is 12.1 Å².